The maximum Gasteiger partial charge on any atom is 0.408 e. The SMILES string of the molecule is CC(C)Oc1cccc2cc(F)c(-c3nnc4ccc([C@@H](N5CC[C@H](N)C5)C(F)(F)F)cn34)nc12.Cl.Cl. The molecule has 3 aromatic heterocycles. The van der Waals surface area contributed by atoms with Crippen molar-refractivity contribution in [2.45, 2.75) is 44.6 Å². The number of hydrogen-bond acceptors (Lipinski definition) is 6. The quantitative estimate of drug-likeness (QED) is 0.331. The largest absolute Gasteiger partial charge is 0.489 e. The normalized spacial score (nSPS) is 17.1. The summed E-state index contributed by atoms with van der Waals surface area (Å²) in [6.07, 6.45) is -2.87. The molecule has 0 radical (unpaired) electrons. The van der Waals surface area contributed by atoms with Gasteiger partial charge in [0.1, 0.15) is 23.0 Å². The van der Waals surface area contributed by atoms with Gasteiger partial charge in [0.25, 0.3) is 0 Å². The summed E-state index contributed by atoms with van der Waals surface area (Å²) in [5.74, 6) is -0.202. The van der Waals surface area contributed by atoms with Crippen LogP contribution in [0.3, 0.4) is 0 Å². The molecule has 0 saturated carbocycles. The van der Waals surface area contributed by atoms with Crippen molar-refractivity contribution in [3.8, 4) is 17.3 Å². The molecule has 37 heavy (non-hydrogen) atoms. The molecule has 0 unspecified atom stereocenters. The Morgan fingerprint density at radius 1 is 1.11 bits per heavy atom. The average molecular weight is 561 g/mol. The highest BCUT2D eigenvalue weighted by Crippen LogP contribution is 2.39. The van der Waals surface area contributed by atoms with E-state index in [-0.39, 0.29) is 72.8 Å². The summed E-state index contributed by atoms with van der Waals surface area (Å²) in [6, 6.07) is 7.12. The third-order valence-electron chi connectivity index (χ3n) is 6.01. The van der Waals surface area contributed by atoms with Gasteiger partial charge in [0.2, 0.25) is 0 Å². The van der Waals surface area contributed by atoms with Crippen LogP contribution >= 0.6 is 24.8 Å². The van der Waals surface area contributed by atoms with Gasteiger partial charge in [-0.05, 0) is 44.0 Å². The molecule has 0 bridgehead atoms. The fourth-order valence-corrected chi connectivity index (χ4v) is 4.54. The van der Waals surface area contributed by atoms with Crippen LogP contribution in [0.4, 0.5) is 17.6 Å². The first-order valence-electron chi connectivity index (χ1n) is 11.3. The van der Waals surface area contributed by atoms with Crippen molar-refractivity contribution in [1.82, 2.24) is 24.5 Å². The maximum absolute atomic E-state index is 15.2. The van der Waals surface area contributed by atoms with E-state index in [2.05, 4.69) is 15.2 Å². The molecule has 200 valence electrons. The predicted molar refractivity (Wildman–Crippen MR) is 137 cm³/mol. The number of alkyl halides is 3. The van der Waals surface area contributed by atoms with E-state index in [9.17, 15) is 13.2 Å². The summed E-state index contributed by atoms with van der Waals surface area (Å²) in [4.78, 5) is 5.78. The lowest BCUT2D eigenvalue weighted by molar-refractivity contribution is -0.183. The molecule has 4 heterocycles. The summed E-state index contributed by atoms with van der Waals surface area (Å²) in [6.45, 7) is 4.09. The number of rotatable bonds is 5. The third-order valence-corrected chi connectivity index (χ3v) is 6.01. The first kappa shape index (κ1) is 28.8. The Kier molecular flexibility index (Phi) is 8.53. The van der Waals surface area contributed by atoms with E-state index in [4.69, 9.17) is 10.5 Å². The standard InChI is InChI=1S/C24H24F4N6O.2ClH/c1-13(2)35-18-5-3-4-14-10-17(25)21(30-20(14)18)23-32-31-19-7-6-15(11-34(19)23)22(24(26,27)28)33-9-8-16(29)12-33;;/h3-7,10-11,13,16,22H,8-9,12,29H2,1-2H3;2*1H/t16-,22+;;/m0../s1. The molecule has 0 amide bonds. The van der Waals surface area contributed by atoms with Crippen molar-refractivity contribution in [3.05, 3.63) is 54.0 Å². The minimum atomic E-state index is -4.53. The van der Waals surface area contributed by atoms with Gasteiger partial charge in [-0.2, -0.15) is 13.2 Å². The molecule has 1 saturated heterocycles. The van der Waals surface area contributed by atoms with Gasteiger partial charge in [-0.3, -0.25) is 9.30 Å². The van der Waals surface area contributed by atoms with E-state index in [0.29, 0.717) is 23.1 Å². The van der Waals surface area contributed by atoms with Crippen LogP contribution in [-0.2, 0) is 0 Å². The molecule has 2 N–H and O–H groups in total. The zero-order chi connectivity index (χ0) is 24.9. The summed E-state index contributed by atoms with van der Waals surface area (Å²) in [5.41, 5.74) is 6.42. The first-order valence-corrected chi connectivity index (χ1v) is 11.3. The van der Waals surface area contributed by atoms with Gasteiger partial charge in [-0.1, -0.05) is 18.2 Å². The van der Waals surface area contributed by atoms with Crippen molar-refractivity contribution in [3.63, 3.8) is 0 Å². The maximum atomic E-state index is 15.2. The minimum absolute atomic E-state index is 0. The van der Waals surface area contributed by atoms with E-state index >= 15 is 4.39 Å². The Morgan fingerprint density at radius 3 is 2.51 bits per heavy atom. The number of ether oxygens (including phenoxy) is 1. The van der Waals surface area contributed by atoms with Gasteiger partial charge in [0.15, 0.2) is 17.3 Å². The van der Waals surface area contributed by atoms with Gasteiger partial charge >= 0.3 is 6.18 Å². The Labute approximate surface area is 222 Å². The Hall–Kier alpha value is -2.73. The van der Waals surface area contributed by atoms with Crippen molar-refractivity contribution in [2.75, 3.05) is 13.1 Å². The lowest BCUT2D eigenvalue weighted by Gasteiger charge is -2.30. The summed E-state index contributed by atoms with van der Waals surface area (Å²) < 4.78 is 64.6. The summed E-state index contributed by atoms with van der Waals surface area (Å²) in [5, 5.41) is 8.60. The molecule has 2 atom stereocenters. The van der Waals surface area contributed by atoms with Gasteiger partial charge in [0.05, 0.1) is 6.10 Å². The van der Waals surface area contributed by atoms with E-state index in [0.717, 1.165) is 0 Å². The number of likely N-dealkylation sites (tertiary alicyclic amines) is 1. The molecule has 1 aliphatic heterocycles. The molecular weight excluding hydrogens is 535 g/mol. The van der Waals surface area contributed by atoms with Gasteiger partial charge in [-0.15, -0.1) is 35.0 Å². The molecule has 5 rings (SSSR count). The van der Waals surface area contributed by atoms with Crippen LogP contribution in [0.2, 0.25) is 0 Å². The van der Waals surface area contributed by atoms with Crippen LogP contribution in [0.15, 0.2) is 42.6 Å². The van der Waals surface area contributed by atoms with Crippen LogP contribution < -0.4 is 10.5 Å². The smallest absolute Gasteiger partial charge is 0.408 e. The lowest BCUT2D eigenvalue weighted by atomic mass is 10.1. The number of halogens is 6. The number of benzene rings is 1. The molecule has 1 fully saturated rings. The van der Waals surface area contributed by atoms with Crippen LogP contribution in [0.25, 0.3) is 28.1 Å². The van der Waals surface area contributed by atoms with E-state index in [1.807, 2.05) is 13.8 Å². The van der Waals surface area contributed by atoms with Crippen LogP contribution in [-0.4, -0.2) is 55.9 Å². The highest BCUT2D eigenvalue weighted by molar-refractivity contribution is 5.86. The molecule has 13 heteroatoms. The lowest BCUT2D eigenvalue weighted by Crippen LogP contribution is -2.38. The predicted octanol–water partition coefficient (Wildman–Crippen LogP) is 5.35. The van der Waals surface area contributed by atoms with Crippen molar-refractivity contribution in [2.24, 2.45) is 5.73 Å². The van der Waals surface area contributed by atoms with Crippen molar-refractivity contribution in [1.29, 1.82) is 0 Å². The van der Waals surface area contributed by atoms with Gasteiger partial charge in [-0.25, -0.2) is 9.37 Å². The van der Waals surface area contributed by atoms with Gasteiger partial charge in [0, 0.05) is 30.7 Å². The Bertz CT molecular complexity index is 1400. The van der Waals surface area contributed by atoms with E-state index in [1.165, 1.54) is 33.7 Å². The van der Waals surface area contributed by atoms with Crippen LogP contribution in [0.5, 0.6) is 5.75 Å². The second-order valence-electron chi connectivity index (χ2n) is 9.02. The molecule has 4 aromatic rings. The summed E-state index contributed by atoms with van der Waals surface area (Å²) >= 11 is 0. The number of fused-ring (bicyclic) bond motifs is 2. The topological polar surface area (TPSA) is 81.6 Å². The van der Waals surface area contributed by atoms with E-state index < -0.39 is 18.0 Å². The minimum Gasteiger partial charge on any atom is -0.489 e. The molecule has 0 aliphatic carbocycles. The molecule has 1 aliphatic rings. The molecular formula is C24H26Cl2F4N6O. The molecule has 1 aromatic carbocycles. The third kappa shape index (κ3) is 5.59. The number of hydrogen-bond donors (Lipinski definition) is 1. The number of nitrogens with zero attached hydrogens (tertiary/aromatic N) is 5. The Balaban J connectivity index is 0.00000190. The average Bonchev–Trinajstić information content (AvgIpc) is 3.38. The number of nitrogens with two attached hydrogens (primary N) is 1. The summed E-state index contributed by atoms with van der Waals surface area (Å²) in [7, 11) is 0. The number of pyridine rings is 2. The zero-order valence-corrected chi connectivity index (χ0v) is 21.6. The van der Waals surface area contributed by atoms with Crippen molar-refractivity contribution < 1.29 is 22.3 Å². The monoisotopic (exact) mass is 560 g/mol. The fourth-order valence-electron chi connectivity index (χ4n) is 4.54. The second kappa shape index (κ2) is 10.9. The molecule has 7 nitrogen and oxygen atoms in total. The first-order chi connectivity index (χ1) is 16.6. The number of aromatic nitrogens is 4. The van der Waals surface area contributed by atoms with Gasteiger partial charge < -0.3 is 10.5 Å². The van der Waals surface area contributed by atoms with Crippen LogP contribution in [0, 0.1) is 5.82 Å². The fraction of sp³-hybridized carbons (Fsp3) is 0.375. The highest BCUT2D eigenvalue weighted by Gasteiger charge is 2.46. The Morgan fingerprint density at radius 2 is 1.86 bits per heavy atom. The van der Waals surface area contributed by atoms with Crippen LogP contribution in [0.1, 0.15) is 31.9 Å². The molecule has 0 spiro atoms. The van der Waals surface area contributed by atoms with Crippen molar-refractivity contribution >= 4 is 41.4 Å². The highest BCUT2D eigenvalue weighted by atomic mass is 35.5. The number of para-hydroxylation sites is 1. The second-order valence-corrected chi connectivity index (χ2v) is 9.02. The van der Waals surface area contributed by atoms with E-state index in [1.54, 1.807) is 18.2 Å². The zero-order valence-electron chi connectivity index (χ0n) is 19.9.